The first-order valence-electron chi connectivity index (χ1n) is 11.9. The van der Waals surface area contributed by atoms with Gasteiger partial charge in [0.15, 0.2) is 0 Å². The van der Waals surface area contributed by atoms with E-state index in [1.807, 2.05) is 24.3 Å². The molecule has 1 fully saturated rings. The molecule has 0 aliphatic carbocycles. The zero-order chi connectivity index (χ0) is 23.7. The lowest BCUT2D eigenvalue weighted by Gasteiger charge is -2.34. The van der Waals surface area contributed by atoms with Gasteiger partial charge in [0, 0.05) is 12.6 Å². The summed E-state index contributed by atoms with van der Waals surface area (Å²) in [6, 6.07) is 21.2. The highest BCUT2D eigenvalue weighted by Crippen LogP contribution is 2.54. The van der Waals surface area contributed by atoms with E-state index in [2.05, 4.69) is 30.9 Å². The van der Waals surface area contributed by atoms with E-state index < -0.39 is 0 Å². The van der Waals surface area contributed by atoms with Crippen LogP contribution in [0.25, 0.3) is 0 Å². The fraction of sp³-hybridized carbons (Fsp3) is 0.357. The van der Waals surface area contributed by atoms with Crippen LogP contribution in [-0.2, 0) is 0 Å². The number of hydrogen-bond donors (Lipinski definition) is 2. The standard InChI is InChI=1S/C28H31NO4S/c1-18-12-13-29(19(18)2)14-15-32-24-9-6-20(7-10-24)27-28(21-4-3-5-22(30)16-21)34-26-17-23(31)8-11-25(26)33-27/h3-11,16-19,27-28,30-31H,12-15H2,1-2H3/t18-,19-,27+,28-/m1/s1. The van der Waals surface area contributed by atoms with Crippen LogP contribution in [0.5, 0.6) is 23.0 Å². The molecule has 0 aromatic heterocycles. The molecular weight excluding hydrogens is 446 g/mol. The van der Waals surface area contributed by atoms with Crippen molar-refractivity contribution in [1.29, 1.82) is 0 Å². The van der Waals surface area contributed by atoms with Gasteiger partial charge in [-0.05, 0) is 79.4 Å². The molecule has 3 aromatic rings. The monoisotopic (exact) mass is 477 g/mol. The number of nitrogens with zero attached hydrogens (tertiary/aromatic N) is 1. The van der Waals surface area contributed by atoms with E-state index in [9.17, 15) is 10.2 Å². The molecule has 0 unspecified atom stereocenters. The van der Waals surface area contributed by atoms with Gasteiger partial charge >= 0.3 is 0 Å². The van der Waals surface area contributed by atoms with Crippen molar-refractivity contribution < 1.29 is 19.7 Å². The van der Waals surface area contributed by atoms with E-state index in [0.717, 1.165) is 46.5 Å². The highest BCUT2D eigenvalue weighted by atomic mass is 32.2. The van der Waals surface area contributed by atoms with E-state index in [1.165, 1.54) is 6.42 Å². The molecule has 3 aromatic carbocycles. The van der Waals surface area contributed by atoms with Crippen molar-refractivity contribution in [1.82, 2.24) is 4.90 Å². The number of fused-ring (bicyclic) bond motifs is 1. The summed E-state index contributed by atoms with van der Waals surface area (Å²) in [6.07, 6.45) is 1.02. The smallest absolute Gasteiger partial charge is 0.140 e. The van der Waals surface area contributed by atoms with Crippen molar-refractivity contribution in [3.05, 3.63) is 77.9 Å². The van der Waals surface area contributed by atoms with Gasteiger partial charge in [-0.25, -0.2) is 0 Å². The van der Waals surface area contributed by atoms with Gasteiger partial charge < -0.3 is 19.7 Å². The Hall–Kier alpha value is -2.83. The molecule has 2 N–H and O–H groups in total. The summed E-state index contributed by atoms with van der Waals surface area (Å²) >= 11 is 1.64. The number of ether oxygens (including phenoxy) is 2. The van der Waals surface area contributed by atoms with Crippen molar-refractivity contribution >= 4 is 11.8 Å². The average molecular weight is 478 g/mol. The van der Waals surface area contributed by atoms with E-state index >= 15 is 0 Å². The second-order valence-electron chi connectivity index (χ2n) is 9.26. The molecule has 4 atom stereocenters. The number of benzene rings is 3. The van der Waals surface area contributed by atoms with Crippen LogP contribution in [0.2, 0.25) is 0 Å². The minimum absolute atomic E-state index is 0.0770. The average Bonchev–Trinajstić information content (AvgIpc) is 3.16. The van der Waals surface area contributed by atoms with Crippen LogP contribution in [0.3, 0.4) is 0 Å². The predicted molar refractivity (Wildman–Crippen MR) is 135 cm³/mol. The summed E-state index contributed by atoms with van der Waals surface area (Å²) in [5.41, 5.74) is 2.01. The Balaban J connectivity index is 1.32. The van der Waals surface area contributed by atoms with Crippen molar-refractivity contribution in [3.63, 3.8) is 0 Å². The van der Waals surface area contributed by atoms with Crippen LogP contribution in [0.15, 0.2) is 71.6 Å². The first-order chi connectivity index (χ1) is 16.5. The molecule has 0 bridgehead atoms. The number of likely N-dealkylation sites (tertiary alicyclic amines) is 1. The summed E-state index contributed by atoms with van der Waals surface area (Å²) in [4.78, 5) is 3.39. The first kappa shape index (κ1) is 22.9. The summed E-state index contributed by atoms with van der Waals surface area (Å²) in [5.74, 6) is 2.79. The van der Waals surface area contributed by atoms with Crippen molar-refractivity contribution in [2.45, 2.75) is 42.6 Å². The number of hydrogen-bond acceptors (Lipinski definition) is 6. The molecule has 0 spiro atoms. The minimum Gasteiger partial charge on any atom is -0.508 e. The Kier molecular flexibility index (Phi) is 6.61. The maximum Gasteiger partial charge on any atom is 0.140 e. The van der Waals surface area contributed by atoms with E-state index in [0.29, 0.717) is 12.6 Å². The summed E-state index contributed by atoms with van der Waals surface area (Å²) in [7, 11) is 0. The maximum atomic E-state index is 10.1. The lowest BCUT2D eigenvalue weighted by atomic mass is 10.00. The third-order valence-electron chi connectivity index (χ3n) is 7.04. The molecular formula is C28H31NO4S. The van der Waals surface area contributed by atoms with Gasteiger partial charge in [-0.3, -0.25) is 4.90 Å². The third kappa shape index (κ3) is 4.84. The van der Waals surface area contributed by atoms with E-state index in [1.54, 1.807) is 42.1 Å². The molecule has 1 saturated heterocycles. The SMILES string of the molecule is C[C@@H]1CCN(CCOc2ccc([C@@H]3Oc4ccc(O)cc4S[C@@H]3c3cccc(O)c3)cc2)[C@@H]1C. The fourth-order valence-electron chi connectivity index (χ4n) is 4.79. The van der Waals surface area contributed by atoms with Crippen LogP contribution in [0.1, 0.15) is 42.7 Å². The topological polar surface area (TPSA) is 62.2 Å². The Morgan fingerprint density at radius 1 is 0.971 bits per heavy atom. The van der Waals surface area contributed by atoms with Crippen LogP contribution < -0.4 is 9.47 Å². The second kappa shape index (κ2) is 9.80. The zero-order valence-corrected chi connectivity index (χ0v) is 20.4. The van der Waals surface area contributed by atoms with Gasteiger partial charge in [-0.1, -0.05) is 31.2 Å². The van der Waals surface area contributed by atoms with Gasteiger partial charge in [0.05, 0.1) is 10.1 Å². The highest BCUT2D eigenvalue weighted by Gasteiger charge is 2.34. The molecule has 5 nitrogen and oxygen atoms in total. The number of thioether (sulfide) groups is 1. The Morgan fingerprint density at radius 3 is 2.50 bits per heavy atom. The van der Waals surface area contributed by atoms with Gasteiger partial charge in [0.2, 0.25) is 0 Å². The first-order valence-corrected chi connectivity index (χ1v) is 12.8. The second-order valence-corrected chi connectivity index (χ2v) is 10.4. The van der Waals surface area contributed by atoms with Gasteiger partial charge in [0.1, 0.15) is 35.7 Å². The third-order valence-corrected chi connectivity index (χ3v) is 8.38. The van der Waals surface area contributed by atoms with Gasteiger partial charge in [0.25, 0.3) is 0 Å². The van der Waals surface area contributed by atoms with Crippen LogP contribution in [0.4, 0.5) is 0 Å². The zero-order valence-electron chi connectivity index (χ0n) is 19.6. The molecule has 178 valence electrons. The fourth-order valence-corrected chi connectivity index (χ4v) is 6.11. The molecule has 0 saturated carbocycles. The number of aromatic hydroxyl groups is 2. The van der Waals surface area contributed by atoms with Crippen molar-refractivity contribution in [3.8, 4) is 23.0 Å². The summed E-state index contributed by atoms with van der Waals surface area (Å²) in [5, 5.41) is 19.9. The van der Waals surface area contributed by atoms with Crippen LogP contribution in [0, 0.1) is 5.92 Å². The minimum atomic E-state index is -0.246. The van der Waals surface area contributed by atoms with E-state index in [-0.39, 0.29) is 22.9 Å². The highest BCUT2D eigenvalue weighted by molar-refractivity contribution is 7.99. The summed E-state index contributed by atoms with van der Waals surface area (Å²) in [6.45, 7) is 7.39. The summed E-state index contributed by atoms with van der Waals surface area (Å²) < 4.78 is 12.5. The molecule has 2 heterocycles. The van der Waals surface area contributed by atoms with E-state index in [4.69, 9.17) is 9.47 Å². The normalized spacial score (nSPS) is 24.4. The molecule has 2 aliphatic heterocycles. The van der Waals surface area contributed by atoms with Crippen molar-refractivity contribution in [2.75, 3.05) is 19.7 Å². The molecule has 5 rings (SSSR count). The Morgan fingerprint density at radius 2 is 1.76 bits per heavy atom. The Labute approximate surface area is 205 Å². The largest absolute Gasteiger partial charge is 0.508 e. The Bertz CT molecular complexity index is 1140. The number of phenols is 2. The van der Waals surface area contributed by atoms with Gasteiger partial charge in [-0.2, -0.15) is 0 Å². The van der Waals surface area contributed by atoms with Crippen LogP contribution >= 0.6 is 11.8 Å². The molecule has 2 aliphatic rings. The van der Waals surface area contributed by atoms with Crippen LogP contribution in [-0.4, -0.2) is 40.9 Å². The molecule has 0 radical (unpaired) electrons. The quantitative estimate of drug-likeness (QED) is 0.442. The molecule has 0 amide bonds. The molecule has 6 heteroatoms. The lowest BCUT2D eigenvalue weighted by Crippen LogP contribution is -2.33. The molecule has 34 heavy (non-hydrogen) atoms. The van der Waals surface area contributed by atoms with Crippen molar-refractivity contribution in [2.24, 2.45) is 5.92 Å². The number of phenolic OH excluding ortho intramolecular Hbond substituents is 2. The number of rotatable bonds is 6. The van der Waals surface area contributed by atoms with Gasteiger partial charge in [-0.15, -0.1) is 11.8 Å². The lowest BCUT2D eigenvalue weighted by molar-refractivity contribution is 0.189. The predicted octanol–water partition coefficient (Wildman–Crippen LogP) is 6.17. The maximum absolute atomic E-state index is 10.1.